The Hall–Kier alpha value is -1.22. The molecule has 0 radical (unpaired) electrons. The summed E-state index contributed by atoms with van der Waals surface area (Å²) in [5, 5.41) is 3.52. The smallest absolute Gasteiger partial charge is 0.0370 e. The zero-order chi connectivity index (χ0) is 11.5. The number of hydrogen-bond donors (Lipinski definition) is 2. The average Bonchev–Trinajstić information content (AvgIpc) is 2.61. The van der Waals surface area contributed by atoms with Crippen LogP contribution in [0.25, 0.3) is 0 Å². The van der Waals surface area contributed by atoms with E-state index in [1.165, 1.54) is 12.1 Å². The van der Waals surface area contributed by atoms with Crippen molar-refractivity contribution in [1.82, 2.24) is 5.32 Å². The second kappa shape index (κ2) is 4.74. The molecule has 1 aliphatic rings. The van der Waals surface area contributed by atoms with Gasteiger partial charge in [-0.05, 0) is 44.2 Å². The number of nitrogens with one attached hydrogen (secondary N) is 1. The van der Waals surface area contributed by atoms with Gasteiger partial charge in [-0.3, -0.25) is 0 Å². The van der Waals surface area contributed by atoms with Crippen molar-refractivity contribution in [2.45, 2.75) is 32.4 Å². The summed E-state index contributed by atoms with van der Waals surface area (Å²) in [7, 11) is 0. The van der Waals surface area contributed by atoms with Gasteiger partial charge >= 0.3 is 0 Å². The van der Waals surface area contributed by atoms with Gasteiger partial charge < -0.3 is 16.0 Å². The van der Waals surface area contributed by atoms with E-state index in [1.807, 2.05) is 12.1 Å². The highest BCUT2D eigenvalue weighted by Gasteiger charge is 2.28. The molecule has 16 heavy (non-hydrogen) atoms. The molecule has 3 nitrogen and oxygen atoms in total. The van der Waals surface area contributed by atoms with Crippen molar-refractivity contribution in [2.75, 3.05) is 23.7 Å². The molecule has 2 atom stereocenters. The van der Waals surface area contributed by atoms with Crippen LogP contribution in [0.2, 0.25) is 0 Å². The molecule has 3 N–H and O–H groups in total. The molecule has 1 aliphatic heterocycles. The molecule has 2 unspecified atom stereocenters. The summed E-state index contributed by atoms with van der Waals surface area (Å²) >= 11 is 0. The van der Waals surface area contributed by atoms with Crippen molar-refractivity contribution >= 4 is 11.4 Å². The number of benzene rings is 1. The third-order valence-electron chi connectivity index (χ3n) is 3.29. The van der Waals surface area contributed by atoms with E-state index in [4.69, 9.17) is 5.73 Å². The maximum absolute atomic E-state index is 5.70. The summed E-state index contributed by atoms with van der Waals surface area (Å²) in [4.78, 5) is 2.45. The van der Waals surface area contributed by atoms with E-state index in [0.29, 0.717) is 12.1 Å². The van der Waals surface area contributed by atoms with Gasteiger partial charge in [-0.15, -0.1) is 0 Å². The second-order valence-corrected chi connectivity index (χ2v) is 4.58. The lowest BCUT2D eigenvalue weighted by atomic mass is 10.2. The van der Waals surface area contributed by atoms with Crippen molar-refractivity contribution in [3.05, 3.63) is 24.3 Å². The number of nitrogens with two attached hydrogens (primary N) is 1. The molecule has 88 valence electrons. The largest absolute Gasteiger partial charge is 0.399 e. The van der Waals surface area contributed by atoms with Gasteiger partial charge in [0.05, 0.1) is 0 Å². The van der Waals surface area contributed by atoms with E-state index in [2.05, 4.69) is 36.2 Å². The molecule has 0 aromatic heterocycles. The van der Waals surface area contributed by atoms with E-state index in [1.54, 1.807) is 0 Å². The minimum Gasteiger partial charge on any atom is -0.399 e. The molecule has 1 fully saturated rings. The Labute approximate surface area is 97.6 Å². The van der Waals surface area contributed by atoms with Gasteiger partial charge in [0, 0.05) is 30.0 Å². The Morgan fingerprint density at radius 2 is 2.06 bits per heavy atom. The summed E-state index contributed by atoms with van der Waals surface area (Å²) in [5.41, 5.74) is 7.82. The molecule has 3 heteroatoms. The van der Waals surface area contributed by atoms with E-state index < -0.39 is 0 Å². The molecule has 1 heterocycles. The Kier molecular flexibility index (Phi) is 3.34. The number of anilines is 2. The first-order chi connectivity index (χ1) is 7.70. The van der Waals surface area contributed by atoms with Crippen LogP contribution < -0.4 is 16.0 Å². The Bertz CT molecular complexity index is 334. The van der Waals surface area contributed by atoms with Crippen molar-refractivity contribution < 1.29 is 0 Å². The van der Waals surface area contributed by atoms with Crippen molar-refractivity contribution in [3.63, 3.8) is 0 Å². The first-order valence-electron chi connectivity index (χ1n) is 6.06. The van der Waals surface area contributed by atoms with E-state index in [-0.39, 0.29) is 0 Å². The van der Waals surface area contributed by atoms with Crippen molar-refractivity contribution in [2.24, 2.45) is 0 Å². The molecule has 2 rings (SSSR count). The minimum atomic E-state index is 0.604. The molecule has 1 aromatic carbocycles. The summed E-state index contributed by atoms with van der Waals surface area (Å²) in [5.74, 6) is 0. The fraction of sp³-hybridized carbons (Fsp3) is 0.538. The number of nitrogens with zero attached hydrogens (tertiary/aromatic N) is 1. The second-order valence-electron chi connectivity index (χ2n) is 4.58. The summed E-state index contributed by atoms with van der Waals surface area (Å²) in [6, 6.07) is 9.40. The van der Waals surface area contributed by atoms with Crippen LogP contribution in [0.1, 0.15) is 20.3 Å². The molecular formula is C13H21N3. The van der Waals surface area contributed by atoms with E-state index in [0.717, 1.165) is 18.8 Å². The van der Waals surface area contributed by atoms with Gasteiger partial charge in [-0.1, -0.05) is 6.92 Å². The molecule has 1 saturated heterocycles. The monoisotopic (exact) mass is 219 g/mol. The van der Waals surface area contributed by atoms with Crippen LogP contribution >= 0.6 is 0 Å². The third kappa shape index (κ3) is 2.30. The van der Waals surface area contributed by atoms with Gasteiger partial charge in [0.2, 0.25) is 0 Å². The normalized spacial score (nSPS) is 25.0. The zero-order valence-electron chi connectivity index (χ0n) is 10.1. The van der Waals surface area contributed by atoms with Crippen LogP contribution in [0.3, 0.4) is 0 Å². The predicted octanol–water partition coefficient (Wildman–Crippen LogP) is 1.85. The van der Waals surface area contributed by atoms with Gasteiger partial charge in [0.1, 0.15) is 0 Å². The number of nitrogen functional groups attached to an aromatic ring is 1. The van der Waals surface area contributed by atoms with Gasteiger partial charge in [0.15, 0.2) is 0 Å². The number of rotatable bonds is 3. The fourth-order valence-electron chi connectivity index (χ4n) is 2.49. The lowest BCUT2D eigenvalue weighted by Crippen LogP contribution is -2.32. The summed E-state index contributed by atoms with van der Waals surface area (Å²) < 4.78 is 0. The molecule has 0 bridgehead atoms. The van der Waals surface area contributed by atoms with Gasteiger partial charge in [-0.25, -0.2) is 0 Å². The van der Waals surface area contributed by atoms with Crippen molar-refractivity contribution in [3.8, 4) is 0 Å². The molecule has 0 spiro atoms. The van der Waals surface area contributed by atoms with Crippen LogP contribution in [0.4, 0.5) is 11.4 Å². The van der Waals surface area contributed by atoms with Gasteiger partial charge in [-0.2, -0.15) is 0 Å². The van der Waals surface area contributed by atoms with Crippen LogP contribution in [0.15, 0.2) is 24.3 Å². The average molecular weight is 219 g/mol. The van der Waals surface area contributed by atoms with E-state index in [9.17, 15) is 0 Å². The highest BCUT2D eigenvalue weighted by Crippen LogP contribution is 2.26. The van der Waals surface area contributed by atoms with E-state index >= 15 is 0 Å². The number of likely N-dealkylation sites (N-methyl/N-ethyl adjacent to an activating group) is 1. The lowest BCUT2D eigenvalue weighted by molar-refractivity contribution is 0.557. The maximum atomic E-state index is 5.70. The first kappa shape index (κ1) is 11.3. The van der Waals surface area contributed by atoms with Crippen molar-refractivity contribution in [1.29, 1.82) is 0 Å². The molecule has 1 aromatic rings. The zero-order valence-corrected chi connectivity index (χ0v) is 10.1. The first-order valence-corrected chi connectivity index (χ1v) is 6.06. The maximum Gasteiger partial charge on any atom is 0.0370 e. The Morgan fingerprint density at radius 1 is 1.38 bits per heavy atom. The quantitative estimate of drug-likeness (QED) is 0.762. The predicted molar refractivity (Wildman–Crippen MR) is 69.7 cm³/mol. The highest BCUT2D eigenvalue weighted by molar-refractivity contribution is 5.54. The minimum absolute atomic E-state index is 0.604. The highest BCUT2D eigenvalue weighted by atomic mass is 15.2. The lowest BCUT2D eigenvalue weighted by Gasteiger charge is -2.23. The fourth-order valence-corrected chi connectivity index (χ4v) is 2.49. The SMILES string of the molecule is CCNC1CC(C)N(c2ccc(N)cc2)C1. The van der Waals surface area contributed by atoms with Crippen LogP contribution in [0.5, 0.6) is 0 Å². The number of hydrogen-bond acceptors (Lipinski definition) is 3. The van der Waals surface area contributed by atoms with Crippen LogP contribution in [0, 0.1) is 0 Å². The standard InChI is InChI=1S/C13H21N3/c1-3-15-12-8-10(2)16(9-12)13-6-4-11(14)5-7-13/h4-7,10,12,15H,3,8-9,14H2,1-2H3. The molecule has 0 amide bonds. The topological polar surface area (TPSA) is 41.3 Å². The van der Waals surface area contributed by atoms with Gasteiger partial charge in [0.25, 0.3) is 0 Å². The summed E-state index contributed by atoms with van der Waals surface area (Å²) in [6.07, 6.45) is 1.22. The third-order valence-corrected chi connectivity index (χ3v) is 3.29. The van der Waals surface area contributed by atoms with Crippen LogP contribution in [-0.4, -0.2) is 25.2 Å². The Morgan fingerprint density at radius 3 is 2.69 bits per heavy atom. The molecule has 0 aliphatic carbocycles. The molecular weight excluding hydrogens is 198 g/mol. The van der Waals surface area contributed by atoms with Crippen LogP contribution in [-0.2, 0) is 0 Å². The molecule has 0 saturated carbocycles. The summed E-state index contributed by atoms with van der Waals surface area (Å²) in [6.45, 7) is 6.59. The Balaban J connectivity index is 2.07.